The van der Waals surface area contributed by atoms with Gasteiger partial charge in [0.15, 0.2) is 0 Å². The zero-order valence-electron chi connectivity index (χ0n) is 11.5. The first kappa shape index (κ1) is 14.2. The first-order valence-corrected chi connectivity index (χ1v) is 8.15. The van der Waals surface area contributed by atoms with Crippen LogP contribution in [0.1, 0.15) is 39.5 Å². The third kappa shape index (κ3) is 3.89. The molecule has 2 unspecified atom stereocenters. The lowest BCUT2D eigenvalue weighted by Gasteiger charge is -2.39. The minimum absolute atomic E-state index is 0.337. The van der Waals surface area contributed by atoms with Gasteiger partial charge in [-0.25, -0.2) is 0 Å². The topological polar surface area (TPSA) is 40.5 Å². The van der Waals surface area contributed by atoms with Crippen LogP contribution < -0.4 is 0 Å². The van der Waals surface area contributed by atoms with Crippen molar-refractivity contribution in [2.75, 3.05) is 24.6 Å². The molecule has 18 heavy (non-hydrogen) atoms. The number of hydrogen-bond acceptors (Lipinski definition) is 3. The second-order valence-electron chi connectivity index (χ2n) is 6.62. The van der Waals surface area contributed by atoms with Gasteiger partial charge in [0.1, 0.15) is 0 Å². The van der Waals surface area contributed by atoms with Gasteiger partial charge < -0.3 is 5.11 Å². The molecule has 2 fully saturated rings. The highest BCUT2D eigenvalue weighted by Crippen LogP contribution is 2.37. The van der Waals surface area contributed by atoms with Gasteiger partial charge in [0.2, 0.25) is 0 Å². The van der Waals surface area contributed by atoms with Crippen molar-refractivity contribution in [3.8, 4) is 0 Å². The zero-order valence-corrected chi connectivity index (χ0v) is 12.3. The molecule has 0 aliphatic carbocycles. The van der Waals surface area contributed by atoms with Gasteiger partial charge in [-0.3, -0.25) is 9.69 Å². The Morgan fingerprint density at radius 3 is 2.94 bits per heavy atom. The number of likely N-dealkylation sites (tertiary alicyclic amines) is 1. The van der Waals surface area contributed by atoms with E-state index in [0.717, 1.165) is 13.0 Å². The summed E-state index contributed by atoms with van der Waals surface area (Å²) >= 11 is 2.08. The maximum absolute atomic E-state index is 10.6. The van der Waals surface area contributed by atoms with Gasteiger partial charge in [0, 0.05) is 24.8 Å². The SMILES string of the molecule is CC1(C)CSCC(N2CCC(CCC(=O)O)C2)C1. The summed E-state index contributed by atoms with van der Waals surface area (Å²) in [4.78, 5) is 13.2. The van der Waals surface area contributed by atoms with Crippen LogP contribution >= 0.6 is 11.8 Å². The van der Waals surface area contributed by atoms with Crippen LogP contribution in [-0.2, 0) is 4.79 Å². The normalized spacial score (nSPS) is 32.6. The van der Waals surface area contributed by atoms with E-state index in [0.29, 0.717) is 23.8 Å². The van der Waals surface area contributed by atoms with E-state index in [1.807, 2.05) is 0 Å². The number of rotatable bonds is 4. The Kier molecular flexibility index (Phi) is 4.59. The molecule has 2 aliphatic heterocycles. The first-order chi connectivity index (χ1) is 8.46. The molecule has 0 saturated carbocycles. The fraction of sp³-hybridized carbons (Fsp3) is 0.929. The molecule has 0 aromatic carbocycles. The predicted molar refractivity (Wildman–Crippen MR) is 76.1 cm³/mol. The monoisotopic (exact) mass is 271 g/mol. The smallest absolute Gasteiger partial charge is 0.303 e. The van der Waals surface area contributed by atoms with Gasteiger partial charge in [0.05, 0.1) is 0 Å². The van der Waals surface area contributed by atoms with E-state index in [-0.39, 0.29) is 0 Å². The van der Waals surface area contributed by atoms with Gasteiger partial charge in [-0.05, 0) is 42.9 Å². The van der Waals surface area contributed by atoms with Gasteiger partial charge in [-0.15, -0.1) is 0 Å². The van der Waals surface area contributed by atoms with Crippen molar-refractivity contribution in [1.82, 2.24) is 4.90 Å². The van der Waals surface area contributed by atoms with Crippen molar-refractivity contribution in [2.45, 2.75) is 45.6 Å². The Hall–Kier alpha value is -0.220. The summed E-state index contributed by atoms with van der Waals surface area (Å²) < 4.78 is 0. The lowest BCUT2D eigenvalue weighted by atomic mass is 9.87. The molecule has 3 nitrogen and oxygen atoms in total. The van der Waals surface area contributed by atoms with Crippen molar-refractivity contribution in [1.29, 1.82) is 0 Å². The van der Waals surface area contributed by atoms with E-state index in [1.165, 1.54) is 30.9 Å². The largest absolute Gasteiger partial charge is 0.481 e. The average molecular weight is 271 g/mol. The summed E-state index contributed by atoms with van der Waals surface area (Å²) in [5.41, 5.74) is 0.465. The van der Waals surface area contributed by atoms with Crippen LogP contribution in [0.25, 0.3) is 0 Å². The Labute approximate surface area is 114 Å². The van der Waals surface area contributed by atoms with Crippen LogP contribution in [0.2, 0.25) is 0 Å². The lowest BCUT2D eigenvalue weighted by Crippen LogP contribution is -2.42. The highest BCUT2D eigenvalue weighted by molar-refractivity contribution is 7.99. The van der Waals surface area contributed by atoms with Crippen LogP contribution in [-0.4, -0.2) is 46.6 Å². The minimum Gasteiger partial charge on any atom is -0.481 e. The molecule has 2 atom stereocenters. The lowest BCUT2D eigenvalue weighted by molar-refractivity contribution is -0.137. The van der Waals surface area contributed by atoms with Gasteiger partial charge >= 0.3 is 5.97 Å². The Balaban J connectivity index is 1.79. The molecule has 2 rings (SSSR count). The van der Waals surface area contributed by atoms with Gasteiger partial charge in [-0.1, -0.05) is 13.8 Å². The first-order valence-electron chi connectivity index (χ1n) is 7.00. The summed E-state index contributed by atoms with van der Waals surface area (Å²) in [6.07, 6.45) is 3.68. The van der Waals surface area contributed by atoms with Crippen molar-refractivity contribution in [3.63, 3.8) is 0 Å². The molecule has 0 aromatic heterocycles. The van der Waals surface area contributed by atoms with Gasteiger partial charge in [0.25, 0.3) is 0 Å². The molecule has 104 valence electrons. The van der Waals surface area contributed by atoms with E-state index in [9.17, 15) is 4.79 Å². The zero-order chi connectivity index (χ0) is 13.2. The molecule has 0 aromatic rings. The van der Waals surface area contributed by atoms with Gasteiger partial charge in [-0.2, -0.15) is 11.8 Å². The number of aliphatic carboxylic acids is 1. The van der Waals surface area contributed by atoms with E-state index in [2.05, 4.69) is 30.5 Å². The standard InChI is InChI=1S/C14H25NO2S/c1-14(2)7-12(9-18-10-14)15-6-5-11(8-15)3-4-13(16)17/h11-12H,3-10H2,1-2H3,(H,16,17). The molecule has 0 amide bonds. The molecular formula is C14H25NO2S. The molecule has 4 heteroatoms. The molecule has 0 radical (unpaired) electrons. The van der Waals surface area contributed by atoms with E-state index < -0.39 is 5.97 Å². The summed E-state index contributed by atoms with van der Waals surface area (Å²) in [5, 5.41) is 8.74. The maximum Gasteiger partial charge on any atom is 0.303 e. The Bertz CT molecular complexity index is 306. The summed E-state index contributed by atoms with van der Waals surface area (Å²) in [6.45, 7) is 7.02. The number of carboxylic acids is 1. The van der Waals surface area contributed by atoms with E-state index >= 15 is 0 Å². The van der Waals surface area contributed by atoms with Crippen molar-refractivity contribution >= 4 is 17.7 Å². The molecular weight excluding hydrogens is 246 g/mol. The number of thioether (sulfide) groups is 1. The number of carboxylic acid groups (broad SMARTS) is 1. The average Bonchev–Trinajstić information content (AvgIpc) is 2.73. The van der Waals surface area contributed by atoms with E-state index in [4.69, 9.17) is 5.11 Å². The highest BCUT2D eigenvalue weighted by atomic mass is 32.2. The molecule has 0 spiro atoms. The third-order valence-electron chi connectivity index (χ3n) is 4.19. The minimum atomic E-state index is -0.650. The second kappa shape index (κ2) is 5.83. The number of carbonyl (C=O) groups is 1. The predicted octanol–water partition coefficient (Wildman–Crippen LogP) is 2.70. The number of hydrogen-bond donors (Lipinski definition) is 1. The van der Waals surface area contributed by atoms with Crippen molar-refractivity contribution < 1.29 is 9.90 Å². The third-order valence-corrected chi connectivity index (χ3v) is 5.80. The van der Waals surface area contributed by atoms with Crippen LogP contribution in [0.15, 0.2) is 0 Å². The fourth-order valence-electron chi connectivity index (χ4n) is 3.22. The molecule has 0 bridgehead atoms. The van der Waals surface area contributed by atoms with E-state index in [1.54, 1.807) is 0 Å². The maximum atomic E-state index is 10.6. The van der Waals surface area contributed by atoms with Crippen LogP contribution in [0.5, 0.6) is 0 Å². The van der Waals surface area contributed by atoms with Crippen LogP contribution in [0, 0.1) is 11.3 Å². The van der Waals surface area contributed by atoms with Crippen molar-refractivity contribution in [3.05, 3.63) is 0 Å². The molecule has 1 N–H and O–H groups in total. The fourth-order valence-corrected chi connectivity index (χ4v) is 4.61. The second-order valence-corrected chi connectivity index (χ2v) is 7.65. The molecule has 2 heterocycles. The Morgan fingerprint density at radius 1 is 1.50 bits per heavy atom. The van der Waals surface area contributed by atoms with Crippen molar-refractivity contribution in [2.24, 2.45) is 11.3 Å². The Morgan fingerprint density at radius 2 is 2.28 bits per heavy atom. The number of nitrogens with zero attached hydrogens (tertiary/aromatic N) is 1. The summed E-state index contributed by atoms with van der Waals surface area (Å²) in [7, 11) is 0. The summed E-state index contributed by atoms with van der Waals surface area (Å²) in [5.74, 6) is 2.49. The highest BCUT2D eigenvalue weighted by Gasteiger charge is 2.35. The molecule has 2 saturated heterocycles. The van der Waals surface area contributed by atoms with Crippen LogP contribution in [0.3, 0.4) is 0 Å². The quantitative estimate of drug-likeness (QED) is 0.853. The molecule has 2 aliphatic rings. The van der Waals surface area contributed by atoms with Crippen LogP contribution in [0.4, 0.5) is 0 Å². The summed E-state index contributed by atoms with van der Waals surface area (Å²) in [6, 6.07) is 0.716.